The summed E-state index contributed by atoms with van der Waals surface area (Å²) in [5.74, 6) is 1.50. The van der Waals surface area contributed by atoms with Crippen LogP contribution >= 0.6 is 0 Å². The molecule has 1 heterocycles. The van der Waals surface area contributed by atoms with Crippen molar-refractivity contribution in [3.05, 3.63) is 48.5 Å². The van der Waals surface area contributed by atoms with Gasteiger partial charge >= 0.3 is 0 Å². The molecule has 4 heteroatoms. The predicted molar refractivity (Wildman–Crippen MR) is 84.8 cm³/mol. The first-order valence-electron chi connectivity index (χ1n) is 6.86. The zero-order valence-electron chi connectivity index (χ0n) is 11.8. The van der Waals surface area contributed by atoms with Crippen LogP contribution in [0.15, 0.2) is 58.5 Å². The maximum Gasteiger partial charge on any atom is 0.145 e. The van der Waals surface area contributed by atoms with E-state index in [0.717, 1.165) is 28.6 Å². The van der Waals surface area contributed by atoms with Crippen molar-refractivity contribution in [3.63, 3.8) is 0 Å². The first-order chi connectivity index (χ1) is 10.3. The van der Waals surface area contributed by atoms with Gasteiger partial charge in [-0.25, -0.2) is 4.99 Å². The largest absolute Gasteiger partial charge is 0.488 e. The Morgan fingerprint density at radius 3 is 2.10 bits per heavy atom. The Morgan fingerprint density at radius 1 is 0.810 bits per heavy atom. The third kappa shape index (κ3) is 3.28. The number of hydrogen-bond acceptors (Lipinski definition) is 4. The zero-order chi connectivity index (χ0) is 14.5. The maximum absolute atomic E-state index is 5.75. The van der Waals surface area contributed by atoms with Crippen molar-refractivity contribution >= 4 is 23.3 Å². The first-order valence-corrected chi connectivity index (χ1v) is 6.86. The summed E-state index contributed by atoms with van der Waals surface area (Å²) in [6, 6.07) is 15.4. The van der Waals surface area contributed by atoms with E-state index in [1.165, 1.54) is 0 Å². The lowest BCUT2D eigenvalue weighted by molar-refractivity contribution is 0.218. The van der Waals surface area contributed by atoms with Gasteiger partial charge in [0.05, 0.1) is 5.71 Å². The van der Waals surface area contributed by atoms with E-state index in [9.17, 15) is 0 Å². The normalized spacial score (nSPS) is 14.4. The minimum Gasteiger partial charge on any atom is -0.488 e. The van der Waals surface area contributed by atoms with Gasteiger partial charge in [-0.05, 0) is 31.2 Å². The fourth-order valence-corrected chi connectivity index (χ4v) is 2.04. The lowest BCUT2D eigenvalue weighted by Gasteiger charge is -2.12. The van der Waals surface area contributed by atoms with E-state index in [-0.39, 0.29) is 0 Å². The molecule has 0 saturated carbocycles. The molecule has 0 N–H and O–H groups in total. The number of nitrogens with zero attached hydrogens (tertiary/aromatic N) is 2. The van der Waals surface area contributed by atoms with Gasteiger partial charge in [-0.3, -0.25) is 4.99 Å². The fourth-order valence-electron chi connectivity index (χ4n) is 2.04. The molecule has 21 heavy (non-hydrogen) atoms. The van der Waals surface area contributed by atoms with E-state index in [1.807, 2.05) is 55.5 Å². The van der Waals surface area contributed by atoms with Crippen LogP contribution in [-0.2, 0) is 0 Å². The average molecular weight is 280 g/mol. The topological polar surface area (TPSA) is 43.2 Å². The van der Waals surface area contributed by atoms with E-state index >= 15 is 0 Å². The maximum atomic E-state index is 5.75. The highest BCUT2D eigenvalue weighted by Crippen LogP contribution is 2.29. The van der Waals surface area contributed by atoms with Gasteiger partial charge in [0.2, 0.25) is 0 Å². The fraction of sp³-hybridized carbons (Fsp3) is 0.176. The second-order valence-electron chi connectivity index (χ2n) is 4.64. The van der Waals surface area contributed by atoms with Crippen LogP contribution in [0.25, 0.3) is 0 Å². The summed E-state index contributed by atoms with van der Waals surface area (Å²) in [4.78, 5) is 9.00. The Morgan fingerprint density at radius 2 is 1.38 bits per heavy atom. The highest BCUT2D eigenvalue weighted by molar-refractivity contribution is 6.30. The minimum absolute atomic E-state index is 0.462. The summed E-state index contributed by atoms with van der Waals surface area (Å²) >= 11 is 0. The number of aliphatic imine (C=N–C) groups is 2. The molecular formula is C17H16N2O2. The van der Waals surface area contributed by atoms with Crippen LogP contribution in [-0.4, -0.2) is 25.1 Å². The Labute approximate surface area is 123 Å². The molecule has 2 aromatic rings. The number of benzene rings is 2. The Kier molecular flexibility index (Phi) is 3.96. The third-order valence-electron chi connectivity index (χ3n) is 3.02. The molecular weight excluding hydrogens is 264 g/mol. The van der Waals surface area contributed by atoms with E-state index in [4.69, 9.17) is 9.47 Å². The smallest absolute Gasteiger partial charge is 0.145 e. The van der Waals surface area contributed by atoms with Gasteiger partial charge in [0.25, 0.3) is 0 Å². The van der Waals surface area contributed by atoms with Crippen LogP contribution in [0.3, 0.4) is 0 Å². The molecule has 0 unspecified atom stereocenters. The molecule has 0 spiro atoms. The molecule has 0 fully saturated rings. The SMILES string of the molecule is CC1=Nc2ccccc2OCCOc2ccccc2N=C1. The van der Waals surface area contributed by atoms with Crippen molar-refractivity contribution in [1.29, 1.82) is 0 Å². The van der Waals surface area contributed by atoms with Crippen LogP contribution in [0.1, 0.15) is 6.92 Å². The van der Waals surface area contributed by atoms with Crippen molar-refractivity contribution in [3.8, 4) is 11.5 Å². The summed E-state index contributed by atoms with van der Waals surface area (Å²) in [6.45, 7) is 2.84. The standard InChI is InChI=1S/C17H16N2O2/c1-13-12-18-14-6-2-4-8-16(14)20-10-11-21-17-9-5-3-7-15(17)19-13/h2-9,12H,10-11H2,1H3. The summed E-state index contributed by atoms with van der Waals surface area (Å²) in [5.41, 5.74) is 2.40. The molecule has 0 atom stereocenters. The molecule has 106 valence electrons. The lowest BCUT2D eigenvalue weighted by atomic mass is 10.3. The van der Waals surface area contributed by atoms with Crippen LogP contribution in [0.5, 0.6) is 11.5 Å². The minimum atomic E-state index is 0.462. The van der Waals surface area contributed by atoms with Gasteiger partial charge in [-0.1, -0.05) is 24.3 Å². The van der Waals surface area contributed by atoms with Gasteiger partial charge in [-0.2, -0.15) is 0 Å². The molecule has 0 amide bonds. The van der Waals surface area contributed by atoms with Gasteiger partial charge in [0, 0.05) is 6.21 Å². The predicted octanol–water partition coefficient (Wildman–Crippen LogP) is 3.95. The number of para-hydroxylation sites is 4. The lowest BCUT2D eigenvalue weighted by Crippen LogP contribution is -2.09. The molecule has 4 nitrogen and oxygen atoms in total. The van der Waals surface area contributed by atoms with E-state index < -0.39 is 0 Å². The molecule has 1 aliphatic rings. The number of ether oxygens (including phenoxy) is 2. The quantitative estimate of drug-likeness (QED) is 0.733. The molecule has 0 aliphatic carbocycles. The molecule has 0 radical (unpaired) electrons. The van der Waals surface area contributed by atoms with Gasteiger partial charge in [0.15, 0.2) is 0 Å². The van der Waals surface area contributed by atoms with Crippen molar-refractivity contribution < 1.29 is 9.47 Å². The van der Waals surface area contributed by atoms with Gasteiger partial charge < -0.3 is 9.47 Å². The Balaban J connectivity index is 1.99. The van der Waals surface area contributed by atoms with Crippen molar-refractivity contribution in [1.82, 2.24) is 0 Å². The molecule has 1 aliphatic heterocycles. The summed E-state index contributed by atoms with van der Waals surface area (Å²) in [6.07, 6.45) is 1.74. The monoisotopic (exact) mass is 280 g/mol. The zero-order valence-corrected chi connectivity index (χ0v) is 11.8. The molecule has 0 aromatic heterocycles. The molecule has 0 saturated heterocycles. The molecule has 3 rings (SSSR count). The van der Waals surface area contributed by atoms with E-state index in [0.29, 0.717) is 13.2 Å². The van der Waals surface area contributed by atoms with Gasteiger partial charge in [0.1, 0.15) is 36.1 Å². The second kappa shape index (κ2) is 6.22. The van der Waals surface area contributed by atoms with Crippen molar-refractivity contribution in [2.24, 2.45) is 9.98 Å². The van der Waals surface area contributed by atoms with Crippen LogP contribution < -0.4 is 9.47 Å². The van der Waals surface area contributed by atoms with Gasteiger partial charge in [-0.15, -0.1) is 0 Å². The summed E-state index contributed by atoms with van der Waals surface area (Å²) in [7, 11) is 0. The first kappa shape index (κ1) is 13.4. The van der Waals surface area contributed by atoms with E-state index in [1.54, 1.807) is 6.21 Å². The Bertz CT molecular complexity index is 693. The highest BCUT2D eigenvalue weighted by Gasteiger charge is 2.05. The number of hydrogen-bond donors (Lipinski definition) is 0. The number of fused-ring (bicyclic) bond motifs is 2. The highest BCUT2D eigenvalue weighted by atomic mass is 16.5. The molecule has 2 aromatic carbocycles. The number of rotatable bonds is 0. The van der Waals surface area contributed by atoms with Crippen LogP contribution in [0, 0.1) is 0 Å². The van der Waals surface area contributed by atoms with Crippen LogP contribution in [0.2, 0.25) is 0 Å². The Hall–Kier alpha value is -2.62. The summed E-state index contributed by atoms with van der Waals surface area (Å²) < 4.78 is 11.5. The third-order valence-corrected chi connectivity index (χ3v) is 3.02. The van der Waals surface area contributed by atoms with E-state index in [2.05, 4.69) is 9.98 Å². The van der Waals surface area contributed by atoms with Crippen molar-refractivity contribution in [2.75, 3.05) is 13.2 Å². The second-order valence-corrected chi connectivity index (χ2v) is 4.64. The molecule has 0 bridgehead atoms. The average Bonchev–Trinajstić information content (AvgIpc) is 2.51. The van der Waals surface area contributed by atoms with Crippen molar-refractivity contribution in [2.45, 2.75) is 6.92 Å². The van der Waals surface area contributed by atoms with Crippen LogP contribution in [0.4, 0.5) is 11.4 Å². The summed E-state index contributed by atoms with van der Waals surface area (Å²) in [5, 5.41) is 0.